The van der Waals surface area contributed by atoms with Gasteiger partial charge in [0.1, 0.15) is 0 Å². The van der Waals surface area contributed by atoms with Crippen molar-refractivity contribution < 1.29 is 4.92 Å². The Kier molecular flexibility index (Phi) is 7.40. The lowest BCUT2D eigenvalue weighted by Gasteiger charge is -2.04. The van der Waals surface area contributed by atoms with Crippen LogP contribution in [0.15, 0.2) is 112 Å². The van der Waals surface area contributed by atoms with Crippen LogP contribution in [-0.4, -0.2) is 4.92 Å². The van der Waals surface area contributed by atoms with Gasteiger partial charge in [0.25, 0.3) is 0 Å². The van der Waals surface area contributed by atoms with Crippen LogP contribution < -0.4 is 0 Å². The fraction of sp³-hybridized carbons (Fsp3) is 0. The highest BCUT2D eigenvalue weighted by atomic mass is 16.6. The minimum atomic E-state index is -0.661. The van der Waals surface area contributed by atoms with Crippen LogP contribution in [0.1, 0.15) is 22.3 Å². The molecule has 0 fully saturated rings. The van der Waals surface area contributed by atoms with Crippen molar-refractivity contribution in [2.75, 3.05) is 0 Å². The van der Waals surface area contributed by atoms with Gasteiger partial charge in [0.15, 0.2) is 11.4 Å². The quantitative estimate of drug-likeness (QED) is 0.0864. The number of benzene rings is 4. The van der Waals surface area contributed by atoms with E-state index < -0.39 is 10.6 Å². The average molecular weight is 460 g/mol. The Bertz CT molecular complexity index is 1430. The van der Waals surface area contributed by atoms with E-state index in [2.05, 4.69) is 15.4 Å². The van der Waals surface area contributed by atoms with Crippen LogP contribution in [0.4, 0.5) is 22.7 Å². The Balaban J connectivity index is 1.76. The Morgan fingerprint density at radius 2 is 1.17 bits per heavy atom. The van der Waals surface area contributed by atoms with E-state index in [4.69, 9.17) is 0 Å². The second-order valence-electron chi connectivity index (χ2n) is 7.47. The first-order valence-corrected chi connectivity index (χ1v) is 10.8. The highest BCUT2D eigenvalue weighted by Gasteiger charge is 2.24. The Morgan fingerprint density at radius 3 is 1.77 bits per heavy atom. The lowest BCUT2D eigenvalue weighted by molar-refractivity contribution is -0.383. The zero-order chi connectivity index (χ0) is 24.5. The van der Waals surface area contributed by atoms with E-state index in [1.807, 2.05) is 97.1 Å². The van der Waals surface area contributed by atoms with Gasteiger partial charge in [-0.1, -0.05) is 103 Å². The molecule has 0 atom stereocenters. The van der Waals surface area contributed by atoms with Crippen LogP contribution in [-0.2, 0) is 0 Å². The van der Waals surface area contributed by atoms with Crippen molar-refractivity contribution in [2.45, 2.75) is 0 Å². The van der Waals surface area contributed by atoms with E-state index in [1.54, 1.807) is 18.2 Å². The van der Waals surface area contributed by atoms with E-state index in [0.717, 1.165) is 16.7 Å². The number of azo groups is 1. The number of nitro benzene ring substituents is 1. The molecule has 0 spiro atoms. The monoisotopic (exact) mass is 460 g/mol. The molecule has 0 heterocycles. The Morgan fingerprint density at radius 1 is 0.600 bits per heavy atom. The van der Waals surface area contributed by atoms with Crippen LogP contribution in [0, 0.1) is 15.0 Å². The zero-order valence-electron chi connectivity index (χ0n) is 18.6. The molecular formula is C28H20N4O3. The van der Waals surface area contributed by atoms with Gasteiger partial charge in [0, 0.05) is 11.1 Å². The summed E-state index contributed by atoms with van der Waals surface area (Å²) in [6, 6.07) is 29.5. The first-order valence-electron chi connectivity index (χ1n) is 10.8. The maximum Gasteiger partial charge on any atom is 0.326 e. The van der Waals surface area contributed by atoms with Gasteiger partial charge in [-0.2, -0.15) is 0 Å². The molecule has 0 saturated heterocycles. The summed E-state index contributed by atoms with van der Waals surface area (Å²) < 4.78 is 0. The van der Waals surface area contributed by atoms with Gasteiger partial charge < -0.3 is 0 Å². The SMILES string of the molecule is O=Nc1ccc(C=Cc2ccccc2)c(N=Nc2ccccc2C=Cc2ccccc2)c1[N+](=O)[O-]. The molecule has 0 aliphatic rings. The fourth-order valence-corrected chi connectivity index (χ4v) is 3.40. The summed E-state index contributed by atoms with van der Waals surface area (Å²) in [5.41, 5.74) is 2.84. The van der Waals surface area contributed by atoms with Crippen LogP contribution in [0.25, 0.3) is 24.3 Å². The second-order valence-corrected chi connectivity index (χ2v) is 7.47. The molecule has 0 unspecified atom stereocenters. The van der Waals surface area contributed by atoms with Crippen LogP contribution in [0.5, 0.6) is 0 Å². The molecular weight excluding hydrogens is 440 g/mol. The minimum Gasteiger partial charge on any atom is -0.258 e. The predicted molar refractivity (Wildman–Crippen MR) is 140 cm³/mol. The van der Waals surface area contributed by atoms with E-state index in [1.165, 1.54) is 6.07 Å². The number of rotatable bonds is 8. The summed E-state index contributed by atoms with van der Waals surface area (Å²) >= 11 is 0. The van der Waals surface area contributed by atoms with Crippen molar-refractivity contribution in [3.63, 3.8) is 0 Å². The number of hydrogen-bond acceptors (Lipinski definition) is 6. The van der Waals surface area contributed by atoms with Crippen molar-refractivity contribution in [1.82, 2.24) is 0 Å². The molecule has 170 valence electrons. The first kappa shape index (κ1) is 23.1. The lowest BCUT2D eigenvalue weighted by atomic mass is 10.1. The van der Waals surface area contributed by atoms with Crippen LogP contribution in [0.2, 0.25) is 0 Å². The molecule has 0 amide bonds. The Labute approximate surface area is 201 Å². The van der Waals surface area contributed by atoms with Gasteiger partial charge in [-0.3, -0.25) is 10.1 Å². The molecule has 0 bridgehead atoms. The maximum absolute atomic E-state index is 11.8. The van der Waals surface area contributed by atoms with Gasteiger partial charge in [-0.25, -0.2) is 0 Å². The van der Waals surface area contributed by atoms with E-state index >= 15 is 0 Å². The van der Waals surface area contributed by atoms with Crippen molar-refractivity contribution in [1.29, 1.82) is 0 Å². The average Bonchev–Trinajstić information content (AvgIpc) is 2.90. The van der Waals surface area contributed by atoms with Gasteiger partial charge in [-0.15, -0.1) is 15.1 Å². The van der Waals surface area contributed by atoms with Gasteiger partial charge in [-0.05, 0) is 34.5 Å². The summed E-state index contributed by atoms with van der Waals surface area (Å²) in [6.07, 6.45) is 7.36. The van der Waals surface area contributed by atoms with E-state index in [-0.39, 0.29) is 11.4 Å². The third-order valence-electron chi connectivity index (χ3n) is 5.15. The molecule has 7 nitrogen and oxygen atoms in total. The normalized spacial score (nSPS) is 11.4. The smallest absolute Gasteiger partial charge is 0.258 e. The topological polar surface area (TPSA) is 97.3 Å². The third kappa shape index (κ3) is 5.85. The minimum absolute atomic E-state index is 0.0406. The second kappa shape index (κ2) is 11.2. The number of nitrogens with zero attached hydrogens (tertiary/aromatic N) is 4. The van der Waals surface area contributed by atoms with Gasteiger partial charge in [0.2, 0.25) is 0 Å². The number of hydrogen-bond donors (Lipinski definition) is 0. The molecule has 0 N–H and O–H groups in total. The number of nitroso groups, excluding NO2 is 1. The van der Waals surface area contributed by atoms with Crippen molar-refractivity contribution in [3.8, 4) is 0 Å². The lowest BCUT2D eigenvalue weighted by Crippen LogP contribution is -1.91. The molecule has 7 heteroatoms. The highest BCUT2D eigenvalue weighted by Crippen LogP contribution is 2.41. The summed E-state index contributed by atoms with van der Waals surface area (Å²) in [4.78, 5) is 22.4. The van der Waals surface area contributed by atoms with Gasteiger partial charge in [0.05, 0.1) is 10.6 Å². The summed E-state index contributed by atoms with van der Waals surface area (Å²) in [7, 11) is 0. The maximum atomic E-state index is 11.8. The van der Waals surface area contributed by atoms with Gasteiger partial charge >= 0.3 is 5.69 Å². The van der Waals surface area contributed by atoms with Crippen LogP contribution >= 0.6 is 0 Å². The van der Waals surface area contributed by atoms with Crippen LogP contribution in [0.3, 0.4) is 0 Å². The molecule has 0 aliphatic carbocycles. The highest BCUT2D eigenvalue weighted by molar-refractivity contribution is 5.84. The van der Waals surface area contributed by atoms with E-state index in [0.29, 0.717) is 11.3 Å². The summed E-state index contributed by atoms with van der Waals surface area (Å²) in [6.45, 7) is 0. The largest absolute Gasteiger partial charge is 0.326 e. The molecule has 0 radical (unpaired) electrons. The molecule has 35 heavy (non-hydrogen) atoms. The molecule has 0 aromatic heterocycles. The zero-order valence-corrected chi connectivity index (χ0v) is 18.6. The Hall–Kier alpha value is -5.04. The van der Waals surface area contributed by atoms with E-state index in [9.17, 15) is 15.0 Å². The summed E-state index contributed by atoms with van der Waals surface area (Å²) in [5.74, 6) is 0. The van der Waals surface area contributed by atoms with Crippen molar-refractivity contribution >= 4 is 47.1 Å². The number of nitro groups is 1. The molecule has 0 aliphatic heterocycles. The van der Waals surface area contributed by atoms with Crippen molar-refractivity contribution in [2.24, 2.45) is 15.4 Å². The predicted octanol–water partition coefficient (Wildman–Crippen LogP) is 8.75. The van der Waals surface area contributed by atoms with Crippen molar-refractivity contribution in [3.05, 3.63) is 134 Å². The molecule has 4 aromatic carbocycles. The molecule has 4 aromatic rings. The molecule has 0 saturated carbocycles. The third-order valence-corrected chi connectivity index (χ3v) is 5.15. The first-order chi connectivity index (χ1) is 17.2. The fourth-order valence-electron chi connectivity index (χ4n) is 3.40. The standard InChI is InChI=1S/C28H20N4O3/c33-31-26-20-19-24(18-16-22-11-5-2-6-12-22)27(28(26)32(34)35)30-29-25-14-8-7-13-23(25)17-15-21-9-3-1-4-10-21/h1-20H. The summed E-state index contributed by atoms with van der Waals surface area (Å²) in [5, 5.41) is 23.2. The molecule has 4 rings (SSSR count).